The average Bonchev–Trinajstić information content (AvgIpc) is 1.68. The molecule has 19 nitrogen and oxygen atoms in total. The van der Waals surface area contributed by atoms with Crippen LogP contribution in [0.2, 0.25) is 0 Å². The maximum Gasteiger partial charge on any atom is 0.311 e. The van der Waals surface area contributed by atoms with E-state index in [9.17, 15) is 38.7 Å². The van der Waals surface area contributed by atoms with Gasteiger partial charge in [0.05, 0.1) is 52.9 Å². The second kappa shape index (κ2) is 31.0. The molecule has 0 spiro atoms. The monoisotopic (exact) mass is 1190 g/mol. The number of aliphatic imine (C=N–C) groups is 2. The molecule has 2 amide bonds. The molecule has 7 rings (SSSR count). The highest BCUT2D eigenvalue weighted by molar-refractivity contribution is 6.11. The van der Waals surface area contributed by atoms with Crippen LogP contribution in [-0.2, 0) is 51.1 Å². The number of carbonyl (C=O) groups is 7. The lowest BCUT2D eigenvalue weighted by atomic mass is 9.79. The summed E-state index contributed by atoms with van der Waals surface area (Å²) in [5.41, 5.74) is 12.5. The zero-order valence-corrected chi connectivity index (χ0v) is 51.5. The summed E-state index contributed by atoms with van der Waals surface area (Å²) >= 11 is 0. The molecule has 0 aliphatic carbocycles. The number of ether oxygens (including phenoxy) is 5. The van der Waals surface area contributed by atoms with Crippen LogP contribution in [0.25, 0.3) is 24.3 Å². The van der Waals surface area contributed by atoms with Gasteiger partial charge in [-0.05, 0) is 134 Å². The SMILES string of the molecule is C=Cc1c2[nH]c(c1C)C=C1N=C(C(CC(=O)OC)c3[nH]c(c(C)c3C(=O)NCCCCCCNC(=O)CCCC(=O)Oc3ccc(/C=C/C(=O)CC(=O)/C=C/c4ccc(O)c(OC)c4)cc3OC)CC3=NC(C2)C(C)=C3CC)C(CCC(=O)OC)C1C. The molecule has 3 aliphatic heterocycles. The zero-order chi connectivity index (χ0) is 62.9. The van der Waals surface area contributed by atoms with Gasteiger partial charge in [-0.25, -0.2) is 0 Å². The molecule has 4 unspecified atom stereocenters. The molecule has 2 aromatic carbocycles. The third-order valence-corrected chi connectivity index (χ3v) is 16.5. The number of carbonyl (C=O) groups excluding carboxylic acids is 7. The number of rotatable bonds is 28. The van der Waals surface area contributed by atoms with Crippen LogP contribution in [0.1, 0.15) is 165 Å². The van der Waals surface area contributed by atoms with E-state index < -0.39 is 29.4 Å². The quantitative estimate of drug-likeness (QED) is 0.0117. The molecule has 4 aromatic rings. The number of aromatic hydroxyl groups is 1. The molecule has 0 fully saturated rings. The third-order valence-electron chi connectivity index (χ3n) is 16.5. The van der Waals surface area contributed by atoms with Crippen LogP contribution < -0.4 is 24.8 Å². The molecular formula is C68H82N6O13. The summed E-state index contributed by atoms with van der Waals surface area (Å²) in [4.78, 5) is 109. The van der Waals surface area contributed by atoms with Gasteiger partial charge in [-0.15, -0.1) is 0 Å². The van der Waals surface area contributed by atoms with Gasteiger partial charge in [0.1, 0.15) is 0 Å². The second-order valence-corrected chi connectivity index (χ2v) is 22.2. The van der Waals surface area contributed by atoms with Gasteiger partial charge in [0.2, 0.25) is 5.91 Å². The summed E-state index contributed by atoms with van der Waals surface area (Å²) in [6.07, 6.45) is 14.8. The lowest BCUT2D eigenvalue weighted by Crippen LogP contribution is -2.30. The van der Waals surface area contributed by atoms with E-state index in [1.54, 1.807) is 24.3 Å². The summed E-state index contributed by atoms with van der Waals surface area (Å²) in [6.45, 7) is 15.4. The molecule has 0 saturated carbocycles. The van der Waals surface area contributed by atoms with Crippen molar-refractivity contribution in [1.29, 1.82) is 0 Å². The molecule has 5 heterocycles. The summed E-state index contributed by atoms with van der Waals surface area (Å²) in [6, 6.07) is 9.28. The molecule has 87 heavy (non-hydrogen) atoms. The number of benzene rings is 2. The summed E-state index contributed by atoms with van der Waals surface area (Å²) in [5, 5.41) is 15.9. The van der Waals surface area contributed by atoms with Crippen LogP contribution in [0.5, 0.6) is 23.0 Å². The first kappa shape index (κ1) is 65.7. The van der Waals surface area contributed by atoms with Crippen LogP contribution in [0, 0.1) is 25.7 Å². The first-order chi connectivity index (χ1) is 41.8. The lowest BCUT2D eigenvalue weighted by molar-refractivity contribution is -0.141. The topological polar surface area (TPSA) is 266 Å². The number of methoxy groups -OCH3 is 4. The van der Waals surface area contributed by atoms with Crippen molar-refractivity contribution in [2.75, 3.05) is 41.5 Å². The van der Waals surface area contributed by atoms with Crippen molar-refractivity contribution < 1.29 is 62.4 Å². The van der Waals surface area contributed by atoms with Gasteiger partial charge >= 0.3 is 17.9 Å². The van der Waals surface area contributed by atoms with Gasteiger partial charge in [-0.1, -0.05) is 63.6 Å². The van der Waals surface area contributed by atoms with Crippen molar-refractivity contribution in [2.45, 2.75) is 136 Å². The van der Waals surface area contributed by atoms with Crippen molar-refractivity contribution >= 4 is 77.0 Å². The van der Waals surface area contributed by atoms with Crippen molar-refractivity contribution in [2.24, 2.45) is 21.8 Å². The highest BCUT2D eigenvalue weighted by atomic mass is 16.6. The minimum atomic E-state index is -0.708. The maximum absolute atomic E-state index is 14.7. The number of allylic oxidation sites excluding steroid dienone is 4. The number of phenolic OH excluding ortho intramolecular Hbond substituents is 1. The Kier molecular flexibility index (Phi) is 23.4. The number of aromatic nitrogens is 2. The maximum atomic E-state index is 14.7. The van der Waals surface area contributed by atoms with E-state index in [0.717, 1.165) is 64.4 Å². The standard InChI is InChI=1S/C68H82N6O13/c1-11-47-39(3)51-36-53-41(5)49(26-29-62(79)85-9)66(73-53)50(35-64(81)86-10)67-65(42(6)54(74-67)38-56-48(12-2)40(4)52(72-56)37-55(47)71-51)68(82)70-31-16-14-13-15-30-69-61(78)18-17-19-63(80)87-58-28-23-44(33-60(58)84-8)21-25-46(76)34-45(75)24-20-43-22-27-57(77)59(32-43)83-7/h11,20-25,27-28,32-33,36,41,49-50,52,71,74,77H,1,12-19,26,29-31,34-35,37-38H2,2-10H3,(H,69,78)(H,70,82)/b24-20+,25-21+,53-36?. The second-order valence-electron chi connectivity index (χ2n) is 22.2. The first-order valence-corrected chi connectivity index (χ1v) is 29.8. The Balaban J connectivity index is 0.919. The van der Waals surface area contributed by atoms with Gasteiger partial charge in [-0.3, -0.25) is 43.5 Å². The number of unbranched alkanes of at least 4 members (excludes halogenated alkanes) is 3. The summed E-state index contributed by atoms with van der Waals surface area (Å²) < 4.78 is 26.5. The van der Waals surface area contributed by atoms with Gasteiger partial charge in [0, 0.05) is 103 Å². The summed E-state index contributed by atoms with van der Waals surface area (Å²) in [7, 11) is 5.55. The van der Waals surface area contributed by atoms with Gasteiger partial charge in [-0.2, -0.15) is 0 Å². The lowest BCUT2D eigenvalue weighted by Gasteiger charge is -2.24. The highest BCUT2D eigenvalue weighted by Gasteiger charge is 2.41. The number of hydrogen-bond acceptors (Lipinski definition) is 15. The number of esters is 3. The van der Waals surface area contributed by atoms with Gasteiger partial charge < -0.3 is 49.4 Å². The number of hydrogen-bond donors (Lipinski definition) is 5. The number of fused-ring (bicyclic) bond motifs is 6. The number of ketones is 2. The van der Waals surface area contributed by atoms with Crippen molar-refractivity contribution in [3.63, 3.8) is 0 Å². The molecule has 3 aliphatic rings. The van der Waals surface area contributed by atoms with E-state index in [2.05, 4.69) is 61.0 Å². The Bertz CT molecular complexity index is 3460. The smallest absolute Gasteiger partial charge is 0.311 e. The fraction of sp³-hybridized carbons (Fsp3) is 0.426. The van der Waals surface area contributed by atoms with E-state index >= 15 is 0 Å². The molecule has 19 heteroatoms. The van der Waals surface area contributed by atoms with Crippen LogP contribution in [0.3, 0.4) is 0 Å². The summed E-state index contributed by atoms with van der Waals surface area (Å²) in [5.74, 6) is -3.18. The predicted molar refractivity (Wildman–Crippen MR) is 335 cm³/mol. The molecule has 5 N–H and O–H groups in total. The Morgan fingerprint density at radius 1 is 0.759 bits per heavy atom. The van der Waals surface area contributed by atoms with Crippen LogP contribution in [0.15, 0.2) is 82.0 Å². The Hall–Kier alpha value is -8.87. The van der Waals surface area contributed by atoms with E-state index in [0.29, 0.717) is 73.3 Å². The van der Waals surface area contributed by atoms with Gasteiger partial charge in [0.25, 0.3) is 5.91 Å². The predicted octanol–water partition coefficient (Wildman–Crippen LogP) is 10.8. The molecule has 462 valence electrons. The highest BCUT2D eigenvalue weighted by Crippen LogP contribution is 2.44. The number of phenols is 1. The molecule has 2 aromatic heterocycles. The molecule has 0 saturated heterocycles. The Morgan fingerprint density at radius 2 is 1.43 bits per heavy atom. The van der Waals surface area contributed by atoms with E-state index in [4.69, 9.17) is 33.7 Å². The number of nitrogens with zero attached hydrogens (tertiary/aromatic N) is 2. The normalized spacial score (nSPS) is 17.1. The van der Waals surface area contributed by atoms with E-state index in [1.165, 1.54) is 76.0 Å². The molecular weight excluding hydrogens is 1110 g/mol. The molecule has 4 atom stereocenters. The zero-order valence-electron chi connectivity index (χ0n) is 51.5. The Morgan fingerprint density at radius 3 is 2.08 bits per heavy atom. The van der Waals surface area contributed by atoms with Crippen LogP contribution >= 0.6 is 0 Å². The van der Waals surface area contributed by atoms with Gasteiger partial charge in [0.15, 0.2) is 34.6 Å². The fourth-order valence-electron chi connectivity index (χ4n) is 11.6. The van der Waals surface area contributed by atoms with Crippen molar-refractivity contribution in [3.05, 3.63) is 128 Å². The van der Waals surface area contributed by atoms with E-state index in [-0.39, 0.29) is 97.2 Å². The largest absolute Gasteiger partial charge is 0.504 e. The minimum Gasteiger partial charge on any atom is -0.504 e. The fourth-order valence-corrected chi connectivity index (χ4v) is 11.6. The van der Waals surface area contributed by atoms with Crippen LogP contribution in [0.4, 0.5) is 0 Å². The van der Waals surface area contributed by atoms with E-state index in [1.807, 2.05) is 13.0 Å². The first-order valence-electron chi connectivity index (χ1n) is 29.8. The number of nitrogens with one attached hydrogen (secondary N) is 4. The molecule has 8 bridgehead atoms. The average molecular weight is 1190 g/mol. The third kappa shape index (κ3) is 16.8. The van der Waals surface area contributed by atoms with Crippen molar-refractivity contribution in [1.82, 2.24) is 20.6 Å². The molecule has 0 radical (unpaired) electrons. The number of aromatic amines is 2. The Labute approximate surface area is 508 Å². The number of amides is 2. The minimum absolute atomic E-state index is 0.0130. The van der Waals surface area contributed by atoms with Crippen LogP contribution in [-0.4, -0.2) is 115 Å². The van der Waals surface area contributed by atoms with Crippen molar-refractivity contribution in [3.8, 4) is 23.0 Å². The number of H-pyrrole nitrogens is 2.